The van der Waals surface area contributed by atoms with Crippen LogP contribution < -0.4 is 5.32 Å². The lowest BCUT2D eigenvalue weighted by Crippen LogP contribution is -2.50. The minimum absolute atomic E-state index is 0.0587. The van der Waals surface area contributed by atoms with Crippen molar-refractivity contribution >= 4 is 23.8 Å². The van der Waals surface area contributed by atoms with E-state index in [1.165, 1.54) is 25.1 Å². The first kappa shape index (κ1) is 20.4. The summed E-state index contributed by atoms with van der Waals surface area (Å²) in [6, 6.07) is 12.0. The first-order valence-electron chi connectivity index (χ1n) is 10.1. The van der Waals surface area contributed by atoms with Gasteiger partial charge in [0, 0.05) is 17.5 Å². The largest absolute Gasteiger partial charge is 0.466 e. The molecule has 9 nitrogen and oxygen atoms in total. The van der Waals surface area contributed by atoms with Crippen LogP contribution in [0.25, 0.3) is 11.7 Å². The minimum Gasteiger partial charge on any atom is -0.466 e. The van der Waals surface area contributed by atoms with Gasteiger partial charge in [-0.2, -0.15) is 0 Å². The van der Waals surface area contributed by atoms with E-state index in [4.69, 9.17) is 13.6 Å². The molecular weight excluding hydrogens is 432 g/mol. The molecule has 5 rings (SSSR count). The van der Waals surface area contributed by atoms with Crippen molar-refractivity contribution in [1.82, 2.24) is 20.4 Å². The summed E-state index contributed by atoms with van der Waals surface area (Å²) in [7, 11) is 1.34. The zero-order valence-electron chi connectivity index (χ0n) is 17.2. The summed E-state index contributed by atoms with van der Waals surface area (Å²) in [5.41, 5.74) is 1.81. The summed E-state index contributed by atoms with van der Waals surface area (Å²) in [5.74, 6) is 0.543. The van der Waals surface area contributed by atoms with E-state index in [9.17, 15) is 9.59 Å². The summed E-state index contributed by atoms with van der Waals surface area (Å²) in [6.07, 6.45) is 3.29. The Labute approximate surface area is 187 Å². The van der Waals surface area contributed by atoms with Gasteiger partial charge >= 0.3 is 12.0 Å². The Morgan fingerprint density at radius 2 is 2.03 bits per heavy atom. The lowest BCUT2D eigenvalue weighted by atomic mass is 9.95. The number of carbonyl (C=O) groups excluding carboxylic acids is 2. The van der Waals surface area contributed by atoms with E-state index in [0.717, 1.165) is 18.4 Å². The number of benzene rings is 1. The lowest BCUT2D eigenvalue weighted by Gasteiger charge is -2.36. The van der Waals surface area contributed by atoms with Gasteiger partial charge in [-0.25, -0.2) is 9.59 Å². The van der Waals surface area contributed by atoms with Crippen molar-refractivity contribution in [2.75, 3.05) is 12.9 Å². The van der Waals surface area contributed by atoms with Crippen molar-refractivity contribution in [3.63, 3.8) is 0 Å². The second-order valence-corrected chi connectivity index (χ2v) is 8.31. The highest BCUT2D eigenvalue weighted by Gasteiger charge is 2.44. The van der Waals surface area contributed by atoms with Gasteiger partial charge in [0.15, 0.2) is 5.76 Å². The molecule has 1 fully saturated rings. The Morgan fingerprint density at radius 3 is 2.72 bits per heavy atom. The van der Waals surface area contributed by atoms with E-state index in [1.807, 2.05) is 30.3 Å². The summed E-state index contributed by atoms with van der Waals surface area (Å²) < 4.78 is 16.1. The second kappa shape index (κ2) is 8.54. The second-order valence-electron chi connectivity index (χ2n) is 7.39. The quantitative estimate of drug-likeness (QED) is 0.426. The maximum atomic E-state index is 13.1. The van der Waals surface area contributed by atoms with Crippen molar-refractivity contribution in [3.8, 4) is 11.7 Å². The number of hydrogen-bond donors (Lipinski definition) is 1. The number of rotatable bonds is 7. The number of hydrogen-bond acceptors (Lipinski definition) is 8. The van der Waals surface area contributed by atoms with Gasteiger partial charge in [0.1, 0.15) is 0 Å². The molecule has 1 unspecified atom stereocenters. The molecule has 1 aliphatic carbocycles. The molecule has 1 aliphatic heterocycles. The SMILES string of the molecule is COC(=O)C1=C(CSc2nnc(-c3ccco3)o2)N(C2CC2)C(=O)NC1c1ccccc1. The normalized spacial score (nSPS) is 18.6. The Balaban J connectivity index is 1.50. The maximum absolute atomic E-state index is 13.1. The molecule has 2 aliphatic rings. The van der Waals surface area contributed by atoms with E-state index in [2.05, 4.69) is 15.5 Å². The third kappa shape index (κ3) is 3.89. The number of amides is 2. The Kier molecular flexibility index (Phi) is 5.44. The van der Waals surface area contributed by atoms with Crippen LogP contribution in [-0.2, 0) is 9.53 Å². The monoisotopic (exact) mass is 452 g/mol. The van der Waals surface area contributed by atoms with Crippen molar-refractivity contribution in [1.29, 1.82) is 0 Å². The summed E-state index contributed by atoms with van der Waals surface area (Å²) in [6.45, 7) is 0. The molecule has 32 heavy (non-hydrogen) atoms. The molecule has 10 heteroatoms. The van der Waals surface area contributed by atoms with Crippen molar-refractivity contribution in [2.45, 2.75) is 30.1 Å². The van der Waals surface area contributed by atoms with Crippen LogP contribution in [0.3, 0.4) is 0 Å². The predicted octanol–water partition coefficient (Wildman–Crippen LogP) is 3.78. The number of urea groups is 1. The van der Waals surface area contributed by atoms with E-state index >= 15 is 0 Å². The summed E-state index contributed by atoms with van der Waals surface area (Å²) in [5, 5.41) is 11.3. The number of esters is 1. The van der Waals surface area contributed by atoms with Crippen LogP contribution in [-0.4, -0.2) is 46.0 Å². The number of ether oxygens (including phenoxy) is 1. The van der Waals surface area contributed by atoms with Gasteiger partial charge in [0.05, 0.1) is 25.0 Å². The molecule has 0 spiro atoms. The summed E-state index contributed by atoms with van der Waals surface area (Å²) in [4.78, 5) is 27.6. The summed E-state index contributed by atoms with van der Waals surface area (Å²) >= 11 is 1.26. The van der Waals surface area contributed by atoms with Gasteiger partial charge in [-0.1, -0.05) is 42.1 Å². The number of nitrogens with one attached hydrogen (secondary N) is 1. The van der Waals surface area contributed by atoms with Crippen molar-refractivity contribution in [2.24, 2.45) is 0 Å². The van der Waals surface area contributed by atoms with Gasteiger partial charge in [-0.15, -0.1) is 10.2 Å². The zero-order valence-corrected chi connectivity index (χ0v) is 18.0. The Bertz CT molecular complexity index is 1150. The highest BCUT2D eigenvalue weighted by Crippen LogP contribution is 2.40. The maximum Gasteiger partial charge on any atom is 0.338 e. The van der Waals surface area contributed by atoms with Crippen LogP contribution in [0.2, 0.25) is 0 Å². The van der Waals surface area contributed by atoms with Gasteiger partial charge in [-0.05, 0) is 30.5 Å². The fraction of sp³-hybridized carbons (Fsp3) is 0.273. The predicted molar refractivity (Wildman–Crippen MR) is 114 cm³/mol. The number of furan rings is 1. The molecule has 164 valence electrons. The van der Waals surface area contributed by atoms with E-state index < -0.39 is 12.0 Å². The molecule has 3 aromatic rings. The number of thioether (sulfide) groups is 1. The number of methoxy groups -OCH3 is 1. The first-order chi connectivity index (χ1) is 15.7. The molecule has 2 aromatic heterocycles. The highest BCUT2D eigenvalue weighted by atomic mass is 32.2. The Morgan fingerprint density at radius 1 is 1.22 bits per heavy atom. The average molecular weight is 452 g/mol. The fourth-order valence-electron chi connectivity index (χ4n) is 3.69. The molecular formula is C22H20N4O5S. The molecule has 1 aromatic carbocycles. The van der Waals surface area contributed by atoms with Crippen LogP contribution in [0.4, 0.5) is 4.79 Å². The minimum atomic E-state index is -0.608. The molecule has 0 saturated heterocycles. The topological polar surface area (TPSA) is 111 Å². The van der Waals surface area contributed by atoms with E-state index in [0.29, 0.717) is 22.3 Å². The van der Waals surface area contributed by atoms with Gasteiger partial charge in [-0.3, -0.25) is 4.90 Å². The first-order valence-corrected chi connectivity index (χ1v) is 11.1. The molecule has 2 amide bonds. The van der Waals surface area contributed by atoms with E-state index in [1.54, 1.807) is 17.0 Å². The van der Waals surface area contributed by atoms with Crippen LogP contribution in [0, 0.1) is 0 Å². The van der Waals surface area contributed by atoms with E-state index in [-0.39, 0.29) is 23.7 Å². The van der Waals surface area contributed by atoms with Crippen LogP contribution in [0.15, 0.2) is 74.1 Å². The van der Waals surface area contributed by atoms with Gasteiger partial charge in [0.2, 0.25) is 0 Å². The molecule has 1 atom stereocenters. The molecule has 0 radical (unpaired) electrons. The van der Waals surface area contributed by atoms with Gasteiger partial charge < -0.3 is 18.9 Å². The average Bonchev–Trinajstić information content (AvgIpc) is 3.29. The standard InChI is InChI=1S/C22H20N4O5S/c1-29-20(27)17-15(12-32-22-25-24-19(31-22)16-8-5-11-30-16)26(14-9-10-14)21(28)23-18(17)13-6-3-2-4-7-13/h2-8,11,14,18H,9-10,12H2,1H3,(H,23,28). The zero-order chi connectivity index (χ0) is 22.1. The van der Waals surface area contributed by atoms with Crippen molar-refractivity contribution in [3.05, 3.63) is 65.6 Å². The molecule has 1 N–H and O–H groups in total. The third-order valence-electron chi connectivity index (χ3n) is 5.30. The fourth-order valence-corrected chi connectivity index (χ4v) is 4.48. The molecule has 0 bridgehead atoms. The van der Waals surface area contributed by atoms with Crippen LogP contribution >= 0.6 is 11.8 Å². The van der Waals surface area contributed by atoms with Crippen LogP contribution in [0.5, 0.6) is 0 Å². The lowest BCUT2D eigenvalue weighted by molar-refractivity contribution is -0.136. The number of carbonyl (C=O) groups is 2. The highest BCUT2D eigenvalue weighted by molar-refractivity contribution is 7.99. The molecule has 3 heterocycles. The van der Waals surface area contributed by atoms with Crippen molar-refractivity contribution < 1.29 is 23.2 Å². The van der Waals surface area contributed by atoms with Crippen LogP contribution in [0.1, 0.15) is 24.4 Å². The third-order valence-corrected chi connectivity index (χ3v) is 6.13. The number of aromatic nitrogens is 2. The van der Waals surface area contributed by atoms with Gasteiger partial charge in [0.25, 0.3) is 11.1 Å². The Hall–Kier alpha value is -3.53. The molecule has 1 saturated carbocycles. The smallest absolute Gasteiger partial charge is 0.338 e. The number of nitrogens with zero attached hydrogens (tertiary/aromatic N) is 3.